The quantitative estimate of drug-likeness (QED) is 0.662. The molecule has 33 heavy (non-hydrogen) atoms. The number of para-hydroxylation sites is 1. The lowest BCUT2D eigenvalue weighted by Gasteiger charge is -2.41. The zero-order valence-corrected chi connectivity index (χ0v) is 18.9. The number of carbonyl (C=O) groups is 2. The Hall–Kier alpha value is -2.67. The van der Waals surface area contributed by atoms with Crippen molar-refractivity contribution in [3.05, 3.63) is 65.2 Å². The first kappa shape index (κ1) is 23.5. The van der Waals surface area contributed by atoms with Crippen molar-refractivity contribution >= 4 is 17.4 Å². The van der Waals surface area contributed by atoms with Crippen LogP contribution in [0.25, 0.3) is 0 Å². The number of amides is 1. The summed E-state index contributed by atoms with van der Waals surface area (Å²) in [6, 6.07) is 11.5. The number of fused-ring (bicyclic) bond motifs is 1. The minimum Gasteiger partial charge on any atom is -0.375 e. The predicted octanol–water partition coefficient (Wildman–Crippen LogP) is 5.47. The van der Waals surface area contributed by atoms with E-state index in [1.54, 1.807) is 24.3 Å². The number of carbonyl (C=O) groups excluding carboxylic acids is 2. The number of ketones is 1. The Morgan fingerprint density at radius 2 is 1.76 bits per heavy atom. The summed E-state index contributed by atoms with van der Waals surface area (Å²) >= 11 is 0. The Morgan fingerprint density at radius 1 is 1.06 bits per heavy atom. The van der Waals surface area contributed by atoms with E-state index in [4.69, 9.17) is 0 Å². The second-order valence-corrected chi connectivity index (χ2v) is 10.2. The molecule has 3 unspecified atom stereocenters. The van der Waals surface area contributed by atoms with Crippen molar-refractivity contribution < 1.29 is 27.9 Å². The maximum absolute atomic E-state index is 13.7. The molecule has 4 rings (SSSR count). The molecule has 2 aromatic carbocycles. The number of alkyl halides is 3. The van der Waals surface area contributed by atoms with Gasteiger partial charge in [0.05, 0.1) is 23.7 Å². The second-order valence-electron chi connectivity index (χ2n) is 10.2. The van der Waals surface area contributed by atoms with E-state index < -0.39 is 29.2 Å². The third-order valence-corrected chi connectivity index (χ3v) is 7.15. The van der Waals surface area contributed by atoms with E-state index in [0.717, 1.165) is 12.1 Å². The van der Waals surface area contributed by atoms with Crippen LogP contribution in [0.4, 0.5) is 18.9 Å². The highest BCUT2D eigenvalue weighted by atomic mass is 19.4. The molecule has 176 valence electrons. The highest BCUT2D eigenvalue weighted by Gasteiger charge is 2.58. The smallest absolute Gasteiger partial charge is 0.375 e. The summed E-state index contributed by atoms with van der Waals surface area (Å²) in [6.07, 6.45) is -3.12. The lowest BCUT2D eigenvalue weighted by Crippen LogP contribution is -2.51. The van der Waals surface area contributed by atoms with E-state index in [9.17, 15) is 27.9 Å². The molecule has 0 radical (unpaired) electrons. The van der Waals surface area contributed by atoms with Crippen molar-refractivity contribution in [2.24, 2.45) is 17.3 Å². The van der Waals surface area contributed by atoms with Crippen molar-refractivity contribution in [1.82, 2.24) is 0 Å². The third kappa shape index (κ3) is 4.07. The van der Waals surface area contributed by atoms with Crippen LogP contribution in [-0.4, -0.2) is 16.8 Å². The number of aliphatic hydroxyl groups is 1. The van der Waals surface area contributed by atoms with Gasteiger partial charge in [-0.15, -0.1) is 0 Å². The number of benzene rings is 2. The molecular formula is C26H28F3NO3. The third-order valence-electron chi connectivity index (χ3n) is 7.15. The van der Waals surface area contributed by atoms with Gasteiger partial charge in [0.25, 0.3) is 5.91 Å². The number of hydrogen-bond acceptors (Lipinski definition) is 3. The molecule has 1 amide bonds. The van der Waals surface area contributed by atoms with Gasteiger partial charge in [0.1, 0.15) is 5.78 Å². The van der Waals surface area contributed by atoms with Crippen LogP contribution >= 0.6 is 0 Å². The van der Waals surface area contributed by atoms with Crippen LogP contribution in [-0.2, 0) is 27.9 Å². The van der Waals surface area contributed by atoms with Gasteiger partial charge in [0.2, 0.25) is 0 Å². The number of hydrogen-bond donors (Lipinski definition) is 1. The van der Waals surface area contributed by atoms with Crippen molar-refractivity contribution in [3.63, 3.8) is 0 Å². The molecule has 1 heterocycles. The normalized spacial score (nSPS) is 26.0. The molecule has 1 saturated carbocycles. The van der Waals surface area contributed by atoms with E-state index in [-0.39, 0.29) is 30.1 Å². The summed E-state index contributed by atoms with van der Waals surface area (Å²) < 4.78 is 39.5. The Bertz CT molecular complexity index is 1090. The fraction of sp³-hybridized carbons (Fsp3) is 0.462. The number of anilines is 1. The Kier molecular flexibility index (Phi) is 5.68. The summed E-state index contributed by atoms with van der Waals surface area (Å²) in [5.41, 5.74) is -1.86. The molecule has 1 N–H and O–H groups in total. The topological polar surface area (TPSA) is 57.6 Å². The molecule has 0 aromatic heterocycles. The molecule has 3 atom stereocenters. The van der Waals surface area contributed by atoms with Crippen LogP contribution in [0.2, 0.25) is 0 Å². The maximum Gasteiger partial charge on any atom is 0.416 e. The van der Waals surface area contributed by atoms with E-state index in [0.29, 0.717) is 29.7 Å². The van der Waals surface area contributed by atoms with E-state index in [2.05, 4.69) is 20.8 Å². The fourth-order valence-corrected chi connectivity index (χ4v) is 5.20. The molecule has 1 fully saturated rings. The predicted molar refractivity (Wildman–Crippen MR) is 118 cm³/mol. The lowest BCUT2D eigenvalue weighted by atomic mass is 9.63. The van der Waals surface area contributed by atoms with Gasteiger partial charge in [-0.1, -0.05) is 51.1 Å². The largest absolute Gasteiger partial charge is 0.416 e. The van der Waals surface area contributed by atoms with E-state index in [1.165, 1.54) is 17.0 Å². The molecule has 4 nitrogen and oxygen atoms in total. The molecule has 1 aliphatic heterocycles. The summed E-state index contributed by atoms with van der Waals surface area (Å²) in [5, 5.41) is 11.8. The van der Waals surface area contributed by atoms with Crippen molar-refractivity contribution in [2.75, 3.05) is 4.90 Å². The van der Waals surface area contributed by atoms with Crippen LogP contribution < -0.4 is 4.90 Å². The number of nitrogens with zero attached hydrogens (tertiary/aromatic N) is 1. The molecule has 2 aromatic rings. The molecule has 2 aliphatic rings. The van der Waals surface area contributed by atoms with E-state index in [1.807, 2.05) is 0 Å². The highest BCUT2D eigenvalue weighted by molar-refractivity contribution is 6.09. The van der Waals surface area contributed by atoms with Crippen LogP contribution in [0.1, 0.15) is 56.7 Å². The van der Waals surface area contributed by atoms with Gasteiger partial charge < -0.3 is 10.0 Å². The fourth-order valence-electron chi connectivity index (χ4n) is 5.20. The van der Waals surface area contributed by atoms with Gasteiger partial charge in [0, 0.05) is 12.0 Å². The van der Waals surface area contributed by atoms with Gasteiger partial charge in [-0.25, -0.2) is 0 Å². The average Bonchev–Trinajstić information content (AvgIpc) is 2.96. The monoisotopic (exact) mass is 459 g/mol. The first-order valence-corrected chi connectivity index (χ1v) is 11.2. The summed E-state index contributed by atoms with van der Waals surface area (Å²) in [4.78, 5) is 28.0. The first-order valence-electron chi connectivity index (χ1n) is 11.2. The summed E-state index contributed by atoms with van der Waals surface area (Å²) in [7, 11) is 0. The Labute approximate surface area is 191 Å². The maximum atomic E-state index is 13.7. The Morgan fingerprint density at radius 3 is 2.42 bits per heavy atom. The SMILES string of the molecule is CC(C)(C)C1CCC(=O)C(C2(O)C(=O)N(Cc3cccc(C(F)(F)F)c3)c3ccccc32)C1. The van der Waals surface area contributed by atoms with Crippen molar-refractivity contribution in [2.45, 2.75) is 58.4 Å². The van der Waals surface area contributed by atoms with Crippen LogP contribution in [0.3, 0.4) is 0 Å². The summed E-state index contributed by atoms with van der Waals surface area (Å²) in [5.74, 6) is -1.55. The highest BCUT2D eigenvalue weighted by Crippen LogP contribution is 2.51. The minimum atomic E-state index is -4.50. The zero-order valence-electron chi connectivity index (χ0n) is 18.9. The van der Waals surface area contributed by atoms with Gasteiger partial charge in [0.15, 0.2) is 5.60 Å². The Balaban J connectivity index is 1.72. The average molecular weight is 460 g/mol. The van der Waals surface area contributed by atoms with Gasteiger partial charge in [-0.2, -0.15) is 13.2 Å². The molecule has 0 bridgehead atoms. The number of rotatable bonds is 3. The molecular weight excluding hydrogens is 431 g/mol. The standard InChI is InChI=1S/C26H28F3NO3/c1-24(2,3)17-11-12-22(31)20(14-17)25(33)19-9-4-5-10-21(19)30(23(25)32)15-16-7-6-8-18(13-16)26(27,28)29/h4-10,13,17,20,33H,11-12,14-15H2,1-3H3. The lowest BCUT2D eigenvalue weighted by molar-refractivity contribution is -0.154. The van der Waals surface area contributed by atoms with Crippen LogP contribution in [0.15, 0.2) is 48.5 Å². The second kappa shape index (κ2) is 7.97. The van der Waals surface area contributed by atoms with Gasteiger partial charge in [-0.3, -0.25) is 9.59 Å². The van der Waals surface area contributed by atoms with Crippen molar-refractivity contribution in [3.8, 4) is 0 Å². The molecule has 0 spiro atoms. The molecule has 7 heteroatoms. The van der Waals surface area contributed by atoms with E-state index >= 15 is 0 Å². The van der Waals surface area contributed by atoms with Gasteiger partial charge >= 0.3 is 6.18 Å². The zero-order chi connectivity index (χ0) is 24.2. The van der Waals surface area contributed by atoms with Crippen molar-refractivity contribution in [1.29, 1.82) is 0 Å². The molecule has 0 saturated heterocycles. The minimum absolute atomic E-state index is 0.0891. The molecule has 1 aliphatic carbocycles. The number of halogens is 3. The van der Waals surface area contributed by atoms with Crippen LogP contribution in [0.5, 0.6) is 0 Å². The van der Waals surface area contributed by atoms with Gasteiger partial charge in [-0.05, 0) is 47.9 Å². The number of Topliss-reactive ketones (excluding diaryl/α,β-unsaturated/α-hetero) is 1. The van der Waals surface area contributed by atoms with Crippen LogP contribution in [0, 0.1) is 17.3 Å². The first-order chi connectivity index (χ1) is 15.3. The summed E-state index contributed by atoms with van der Waals surface area (Å²) in [6.45, 7) is 6.11.